The molecule has 3 aromatic rings. The molecule has 202 valence electrons. The number of rotatable bonds is 5. The highest BCUT2D eigenvalue weighted by molar-refractivity contribution is 7.92. The Kier molecular flexibility index (Phi) is 5.80. The number of hydrogen-bond donors (Lipinski definition) is 2. The van der Waals surface area contributed by atoms with E-state index in [1.165, 1.54) is 12.5 Å². The lowest BCUT2D eigenvalue weighted by Crippen LogP contribution is -2.68. The summed E-state index contributed by atoms with van der Waals surface area (Å²) in [5.41, 5.74) is 0.462. The van der Waals surface area contributed by atoms with Crippen LogP contribution in [0.15, 0.2) is 36.7 Å². The highest BCUT2D eigenvalue weighted by atomic mass is 32.2. The summed E-state index contributed by atoms with van der Waals surface area (Å²) < 4.78 is 38.2. The van der Waals surface area contributed by atoms with Crippen molar-refractivity contribution in [1.82, 2.24) is 15.0 Å². The summed E-state index contributed by atoms with van der Waals surface area (Å²) >= 11 is 0. The van der Waals surface area contributed by atoms with Gasteiger partial charge in [0.2, 0.25) is 5.95 Å². The predicted molar refractivity (Wildman–Crippen MR) is 147 cm³/mol. The van der Waals surface area contributed by atoms with E-state index >= 15 is 0 Å². The van der Waals surface area contributed by atoms with Crippen LogP contribution >= 0.6 is 0 Å². The molecule has 0 saturated carbocycles. The number of halogens is 1. The van der Waals surface area contributed by atoms with Gasteiger partial charge < -0.3 is 20.2 Å². The standard InChI is InChI=1S/C27H33FN6O3S/c1-17(2)18-4-5-21(34-13-27(14-34)15-38(36,37)16-27)20-11-30-24(10-19(18)20)31-23-6-8-29-25(32-23)33-9-7-22(35)26(3,28)12-33/h4-6,8,10-11,17,22,35H,7,9,12-16H2,1-3H3,(H,29,30,31,32)/t22-,26+/m1/s1. The number of pyridine rings is 1. The van der Waals surface area contributed by atoms with Crippen LogP contribution in [0.25, 0.3) is 10.8 Å². The Morgan fingerprint density at radius 1 is 1.08 bits per heavy atom. The van der Waals surface area contributed by atoms with Crippen molar-refractivity contribution in [3.05, 3.63) is 42.2 Å². The first kappa shape index (κ1) is 25.2. The minimum absolute atomic E-state index is 0.0239. The van der Waals surface area contributed by atoms with Crippen molar-refractivity contribution < 1.29 is 17.9 Å². The number of aliphatic hydroxyl groups excluding tert-OH is 1. The molecule has 1 spiro atoms. The predicted octanol–water partition coefficient (Wildman–Crippen LogP) is 3.43. The number of aromatic nitrogens is 3. The minimum Gasteiger partial charge on any atom is -0.390 e. The van der Waals surface area contributed by atoms with Gasteiger partial charge in [0.1, 0.15) is 11.6 Å². The fourth-order valence-corrected chi connectivity index (χ4v) is 8.26. The van der Waals surface area contributed by atoms with Gasteiger partial charge in [-0.3, -0.25) is 0 Å². The molecule has 3 saturated heterocycles. The molecule has 3 aliphatic rings. The zero-order valence-corrected chi connectivity index (χ0v) is 22.7. The molecule has 0 radical (unpaired) electrons. The van der Waals surface area contributed by atoms with E-state index in [4.69, 9.17) is 0 Å². The first-order valence-corrected chi connectivity index (χ1v) is 14.9. The van der Waals surface area contributed by atoms with Crippen LogP contribution in [0, 0.1) is 5.41 Å². The lowest BCUT2D eigenvalue weighted by Gasteiger charge is -2.56. The quantitative estimate of drug-likeness (QED) is 0.503. The van der Waals surface area contributed by atoms with Gasteiger partial charge in [-0.25, -0.2) is 22.8 Å². The number of aliphatic hydroxyl groups is 1. The van der Waals surface area contributed by atoms with Gasteiger partial charge in [-0.15, -0.1) is 0 Å². The maximum atomic E-state index is 14.7. The number of anilines is 4. The fraction of sp³-hybridized carbons (Fsp3) is 0.519. The van der Waals surface area contributed by atoms with Crippen molar-refractivity contribution in [2.24, 2.45) is 5.41 Å². The Balaban J connectivity index is 1.26. The molecule has 2 N–H and O–H groups in total. The molecule has 3 fully saturated rings. The summed E-state index contributed by atoms with van der Waals surface area (Å²) in [6, 6.07) is 8.04. The third-order valence-corrected chi connectivity index (χ3v) is 10.1. The van der Waals surface area contributed by atoms with Gasteiger partial charge in [0.15, 0.2) is 15.5 Å². The van der Waals surface area contributed by atoms with Gasteiger partial charge in [0, 0.05) is 48.5 Å². The van der Waals surface area contributed by atoms with Crippen LogP contribution in [0.2, 0.25) is 0 Å². The molecule has 0 bridgehead atoms. The Labute approximate surface area is 222 Å². The summed E-state index contributed by atoms with van der Waals surface area (Å²) in [5, 5.41) is 15.3. The zero-order valence-electron chi connectivity index (χ0n) is 21.9. The second kappa shape index (κ2) is 8.74. The summed E-state index contributed by atoms with van der Waals surface area (Å²) in [5.74, 6) is 2.46. The Morgan fingerprint density at radius 3 is 2.53 bits per heavy atom. The van der Waals surface area contributed by atoms with E-state index in [0.717, 1.165) is 29.5 Å². The average Bonchev–Trinajstić information content (AvgIpc) is 2.82. The van der Waals surface area contributed by atoms with Crippen LogP contribution in [-0.2, 0) is 9.84 Å². The third kappa shape index (κ3) is 4.45. The number of alkyl halides is 1. The van der Waals surface area contributed by atoms with Gasteiger partial charge in [0.05, 0.1) is 24.2 Å². The van der Waals surface area contributed by atoms with E-state index in [-0.39, 0.29) is 23.5 Å². The molecule has 0 amide bonds. The number of nitrogens with zero attached hydrogens (tertiary/aromatic N) is 5. The number of nitrogens with one attached hydrogen (secondary N) is 1. The summed E-state index contributed by atoms with van der Waals surface area (Å²) in [4.78, 5) is 17.6. The fourth-order valence-electron chi connectivity index (χ4n) is 6.11. The second-order valence-corrected chi connectivity index (χ2v) is 13.8. The molecule has 2 aromatic heterocycles. The molecule has 3 aliphatic heterocycles. The number of benzene rings is 1. The van der Waals surface area contributed by atoms with E-state index in [1.54, 1.807) is 17.2 Å². The zero-order chi connectivity index (χ0) is 26.9. The maximum absolute atomic E-state index is 14.7. The van der Waals surface area contributed by atoms with Crippen LogP contribution in [0.5, 0.6) is 0 Å². The molecule has 6 rings (SSSR count). The van der Waals surface area contributed by atoms with Gasteiger partial charge in [-0.2, -0.15) is 4.98 Å². The van der Waals surface area contributed by atoms with E-state index in [1.807, 2.05) is 12.3 Å². The number of sulfone groups is 1. The van der Waals surface area contributed by atoms with Crippen LogP contribution < -0.4 is 15.1 Å². The van der Waals surface area contributed by atoms with E-state index in [9.17, 15) is 17.9 Å². The molecule has 1 aromatic carbocycles. The lowest BCUT2D eigenvalue weighted by molar-refractivity contribution is -0.00860. The minimum atomic E-state index is -2.86. The number of fused-ring (bicyclic) bond motifs is 1. The Bertz CT molecular complexity index is 1490. The van der Waals surface area contributed by atoms with Gasteiger partial charge in [-0.1, -0.05) is 19.9 Å². The summed E-state index contributed by atoms with van der Waals surface area (Å²) in [6.45, 7) is 7.71. The van der Waals surface area contributed by atoms with Gasteiger partial charge in [-0.05, 0) is 48.4 Å². The average molecular weight is 541 g/mol. The first-order valence-electron chi connectivity index (χ1n) is 13.0. The van der Waals surface area contributed by atoms with Gasteiger partial charge in [0.25, 0.3) is 0 Å². The SMILES string of the molecule is CC(C)c1ccc(N2CC3(C2)CS(=O)(=O)C3)c2cnc(Nc3ccnc(N4CC[C@@H](O)[C@@](C)(F)C4)n3)cc12. The highest BCUT2D eigenvalue weighted by Crippen LogP contribution is 2.46. The van der Waals surface area contributed by atoms with Crippen LogP contribution in [0.1, 0.15) is 38.7 Å². The number of piperidine rings is 1. The Hall–Kier alpha value is -3.05. The number of hydrogen-bond acceptors (Lipinski definition) is 9. The molecule has 11 heteroatoms. The highest BCUT2D eigenvalue weighted by Gasteiger charge is 2.56. The van der Waals surface area contributed by atoms with Crippen molar-refractivity contribution in [2.45, 2.75) is 44.9 Å². The molecule has 5 heterocycles. The lowest BCUT2D eigenvalue weighted by atomic mass is 9.82. The molecular weight excluding hydrogens is 507 g/mol. The van der Waals surface area contributed by atoms with Crippen LogP contribution in [0.4, 0.5) is 27.7 Å². The molecule has 38 heavy (non-hydrogen) atoms. The van der Waals surface area contributed by atoms with Crippen molar-refractivity contribution in [1.29, 1.82) is 0 Å². The van der Waals surface area contributed by atoms with E-state index < -0.39 is 21.6 Å². The van der Waals surface area contributed by atoms with Crippen molar-refractivity contribution >= 4 is 43.9 Å². The first-order chi connectivity index (χ1) is 17.9. The second-order valence-electron chi connectivity index (χ2n) is 11.7. The monoisotopic (exact) mass is 540 g/mol. The molecule has 2 atom stereocenters. The van der Waals surface area contributed by atoms with Crippen LogP contribution in [0.3, 0.4) is 0 Å². The molecule has 0 aliphatic carbocycles. The summed E-state index contributed by atoms with van der Waals surface area (Å²) in [6.07, 6.45) is 2.81. The molecular formula is C27H33FN6O3S. The normalized spacial score (nSPS) is 25.9. The van der Waals surface area contributed by atoms with Crippen molar-refractivity contribution in [3.8, 4) is 0 Å². The van der Waals surface area contributed by atoms with E-state index in [0.29, 0.717) is 36.5 Å². The van der Waals surface area contributed by atoms with Crippen molar-refractivity contribution in [2.75, 3.05) is 52.8 Å². The van der Waals surface area contributed by atoms with E-state index in [2.05, 4.69) is 51.1 Å². The maximum Gasteiger partial charge on any atom is 0.227 e. The topological polar surface area (TPSA) is 112 Å². The largest absolute Gasteiger partial charge is 0.390 e. The molecule has 0 unspecified atom stereocenters. The van der Waals surface area contributed by atoms with Crippen LogP contribution in [-0.4, -0.2) is 77.9 Å². The van der Waals surface area contributed by atoms with Gasteiger partial charge >= 0.3 is 0 Å². The Morgan fingerprint density at radius 2 is 1.84 bits per heavy atom. The van der Waals surface area contributed by atoms with Crippen molar-refractivity contribution in [3.63, 3.8) is 0 Å². The molecule has 9 nitrogen and oxygen atoms in total. The third-order valence-electron chi connectivity index (χ3n) is 8.03. The smallest absolute Gasteiger partial charge is 0.227 e. The summed E-state index contributed by atoms with van der Waals surface area (Å²) in [7, 11) is -2.86.